The molecule has 5 heteroatoms. The van der Waals surface area contributed by atoms with E-state index < -0.39 is 6.09 Å². The van der Waals surface area contributed by atoms with Crippen molar-refractivity contribution in [1.29, 1.82) is 0 Å². The summed E-state index contributed by atoms with van der Waals surface area (Å²) in [6.45, 7) is 0.721. The van der Waals surface area contributed by atoms with E-state index >= 15 is 0 Å². The van der Waals surface area contributed by atoms with Gasteiger partial charge in [0.1, 0.15) is 0 Å². The molecule has 3 rings (SSSR count). The number of aromatic nitrogens is 1. The Balaban J connectivity index is 1.86. The third-order valence-corrected chi connectivity index (χ3v) is 3.81. The summed E-state index contributed by atoms with van der Waals surface area (Å²) >= 11 is 0. The highest BCUT2D eigenvalue weighted by molar-refractivity contribution is 5.65. The summed E-state index contributed by atoms with van der Waals surface area (Å²) in [5.74, 6) is 0.130. The number of hydrogen-bond donors (Lipinski definition) is 3. The van der Waals surface area contributed by atoms with E-state index in [1.54, 1.807) is 6.20 Å². The second-order valence-electron chi connectivity index (χ2n) is 5.18. The van der Waals surface area contributed by atoms with Crippen LogP contribution in [0.2, 0.25) is 0 Å². The molecule has 1 aromatic carbocycles. The van der Waals surface area contributed by atoms with Crippen LogP contribution in [0.15, 0.2) is 48.7 Å². The summed E-state index contributed by atoms with van der Waals surface area (Å²) in [5, 5.41) is 15.1. The van der Waals surface area contributed by atoms with Gasteiger partial charge in [-0.15, -0.1) is 0 Å². The lowest BCUT2D eigenvalue weighted by atomic mass is 9.86. The van der Waals surface area contributed by atoms with Crippen LogP contribution in [0.1, 0.15) is 17.3 Å². The van der Waals surface area contributed by atoms with Crippen LogP contribution in [0.4, 0.5) is 10.5 Å². The second-order valence-corrected chi connectivity index (χ2v) is 5.18. The molecule has 0 unspecified atom stereocenters. The summed E-state index contributed by atoms with van der Waals surface area (Å²) in [4.78, 5) is 15.5. The van der Waals surface area contributed by atoms with Crippen molar-refractivity contribution in [3.8, 4) is 0 Å². The monoisotopic (exact) mass is 283 g/mol. The van der Waals surface area contributed by atoms with Crippen LogP contribution in [0.25, 0.3) is 0 Å². The highest BCUT2D eigenvalue weighted by Crippen LogP contribution is 2.31. The van der Waals surface area contributed by atoms with E-state index in [1.165, 1.54) is 0 Å². The first-order valence-electron chi connectivity index (χ1n) is 6.96. The molecule has 3 N–H and O–H groups in total. The van der Waals surface area contributed by atoms with Crippen LogP contribution in [0.3, 0.4) is 0 Å². The van der Waals surface area contributed by atoms with Crippen molar-refractivity contribution in [2.24, 2.45) is 5.92 Å². The minimum absolute atomic E-state index is 0.130. The van der Waals surface area contributed by atoms with Gasteiger partial charge in [0.2, 0.25) is 0 Å². The summed E-state index contributed by atoms with van der Waals surface area (Å²) in [6, 6.07) is 13.3. The maximum absolute atomic E-state index is 11.1. The lowest BCUT2D eigenvalue weighted by Gasteiger charge is -2.32. The van der Waals surface area contributed by atoms with Gasteiger partial charge in [-0.1, -0.05) is 30.3 Å². The standard InChI is InChI=1S/C16H17N3O2/c20-16(21)19-15(11-5-2-1-3-6-11)12-9-14-13(18-10-12)7-4-8-17-14/h1-8,12,15,18-19H,9-10H2,(H,20,21)/t12-,15-/m1/s1. The largest absolute Gasteiger partial charge is 0.465 e. The Hall–Kier alpha value is -2.56. The van der Waals surface area contributed by atoms with E-state index in [4.69, 9.17) is 5.11 Å². The van der Waals surface area contributed by atoms with Gasteiger partial charge in [-0.3, -0.25) is 4.98 Å². The predicted octanol–water partition coefficient (Wildman–Crippen LogP) is 2.67. The molecule has 1 aliphatic heterocycles. The van der Waals surface area contributed by atoms with Crippen LogP contribution in [-0.2, 0) is 6.42 Å². The fourth-order valence-corrected chi connectivity index (χ4v) is 2.83. The quantitative estimate of drug-likeness (QED) is 0.809. The van der Waals surface area contributed by atoms with Gasteiger partial charge in [0.25, 0.3) is 0 Å². The zero-order valence-corrected chi connectivity index (χ0v) is 11.5. The molecule has 1 amide bonds. The van der Waals surface area contributed by atoms with Gasteiger partial charge in [-0.05, 0) is 24.1 Å². The number of anilines is 1. The molecular formula is C16H17N3O2. The van der Waals surface area contributed by atoms with Gasteiger partial charge in [0.15, 0.2) is 0 Å². The van der Waals surface area contributed by atoms with Crippen LogP contribution >= 0.6 is 0 Å². The summed E-state index contributed by atoms with van der Waals surface area (Å²) < 4.78 is 0. The SMILES string of the molecule is O=C(O)N[C@H](c1ccccc1)[C@H]1CNc2cccnc2C1. The number of benzene rings is 1. The Morgan fingerprint density at radius 1 is 1.29 bits per heavy atom. The maximum Gasteiger partial charge on any atom is 0.405 e. The van der Waals surface area contributed by atoms with Crippen LogP contribution < -0.4 is 10.6 Å². The molecule has 0 fully saturated rings. The highest BCUT2D eigenvalue weighted by Gasteiger charge is 2.29. The number of nitrogens with zero attached hydrogens (tertiary/aromatic N) is 1. The van der Waals surface area contributed by atoms with E-state index in [0.717, 1.165) is 29.9 Å². The fraction of sp³-hybridized carbons (Fsp3) is 0.250. The molecule has 108 valence electrons. The number of hydrogen-bond acceptors (Lipinski definition) is 3. The average Bonchev–Trinajstić information content (AvgIpc) is 2.53. The molecule has 2 heterocycles. The van der Waals surface area contributed by atoms with Crippen molar-refractivity contribution in [3.05, 3.63) is 59.9 Å². The van der Waals surface area contributed by atoms with Crippen molar-refractivity contribution in [1.82, 2.24) is 10.3 Å². The molecule has 0 aliphatic carbocycles. The third kappa shape index (κ3) is 2.97. The van der Waals surface area contributed by atoms with E-state index in [2.05, 4.69) is 15.6 Å². The lowest BCUT2D eigenvalue weighted by molar-refractivity contribution is 0.184. The zero-order chi connectivity index (χ0) is 14.7. The average molecular weight is 283 g/mol. The van der Waals surface area contributed by atoms with E-state index in [0.29, 0.717) is 0 Å². The number of carbonyl (C=O) groups is 1. The molecule has 2 atom stereocenters. The number of amides is 1. The van der Waals surface area contributed by atoms with Gasteiger partial charge in [-0.2, -0.15) is 0 Å². The van der Waals surface area contributed by atoms with E-state index in [1.807, 2.05) is 42.5 Å². The molecule has 0 radical (unpaired) electrons. The predicted molar refractivity (Wildman–Crippen MR) is 80.3 cm³/mol. The van der Waals surface area contributed by atoms with Gasteiger partial charge in [0, 0.05) is 18.7 Å². The van der Waals surface area contributed by atoms with E-state index in [-0.39, 0.29) is 12.0 Å². The van der Waals surface area contributed by atoms with Gasteiger partial charge in [0.05, 0.1) is 17.4 Å². The van der Waals surface area contributed by atoms with Crippen molar-refractivity contribution < 1.29 is 9.90 Å². The Morgan fingerprint density at radius 3 is 2.86 bits per heavy atom. The molecule has 0 spiro atoms. The normalized spacial score (nSPS) is 18.2. The topological polar surface area (TPSA) is 74.2 Å². The van der Waals surface area contributed by atoms with Crippen molar-refractivity contribution >= 4 is 11.8 Å². The summed E-state index contributed by atoms with van der Waals surface area (Å²) in [5.41, 5.74) is 3.00. The molecule has 2 aromatic rings. The van der Waals surface area contributed by atoms with Crippen LogP contribution in [0.5, 0.6) is 0 Å². The Kier molecular flexibility index (Phi) is 3.73. The molecule has 0 bridgehead atoms. The first-order valence-corrected chi connectivity index (χ1v) is 6.96. The number of pyridine rings is 1. The van der Waals surface area contributed by atoms with Gasteiger partial charge < -0.3 is 15.7 Å². The number of nitrogens with one attached hydrogen (secondary N) is 2. The molecule has 0 saturated carbocycles. The van der Waals surface area contributed by atoms with Gasteiger partial charge in [-0.25, -0.2) is 4.79 Å². The zero-order valence-electron chi connectivity index (χ0n) is 11.5. The molecule has 0 saturated heterocycles. The van der Waals surface area contributed by atoms with Crippen LogP contribution in [0, 0.1) is 5.92 Å². The Morgan fingerprint density at radius 2 is 2.10 bits per heavy atom. The van der Waals surface area contributed by atoms with Gasteiger partial charge >= 0.3 is 6.09 Å². The third-order valence-electron chi connectivity index (χ3n) is 3.81. The Labute approximate surface area is 123 Å². The van der Waals surface area contributed by atoms with Crippen LogP contribution in [-0.4, -0.2) is 22.7 Å². The molecule has 5 nitrogen and oxygen atoms in total. The molecular weight excluding hydrogens is 266 g/mol. The second kappa shape index (κ2) is 5.83. The van der Waals surface area contributed by atoms with Crippen molar-refractivity contribution in [2.45, 2.75) is 12.5 Å². The van der Waals surface area contributed by atoms with Crippen molar-refractivity contribution in [2.75, 3.05) is 11.9 Å². The lowest BCUT2D eigenvalue weighted by Crippen LogP contribution is -2.38. The molecule has 1 aliphatic rings. The minimum atomic E-state index is -1.00. The molecule has 1 aromatic heterocycles. The number of fused-ring (bicyclic) bond motifs is 1. The highest BCUT2D eigenvalue weighted by atomic mass is 16.4. The summed E-state index contributed by atoms with van der Waals surface area (Å²) in [6.07, 6.45) is 1.52. The first kappa shape index (κ1) is 13.4. The smallest absolute Gasteiger partial charge is 0.405 e. The minimum Gasteiger partial charge on any atom is -0.465 e. The fourth-order valence-electron chi connectivity index (χ4n) is 2.83. The van der Waals surface area contributed by atoms with E-state index in [9.17, 15) is 4.79 Å². The Bertz CT molecular complexity index is 630. The molecule has 21 heavy (non-hydrogen) atoms. The maximum atomic E-state index is 11.1. The van der Waals surface area contributed by atoms with Crippen molar-refractivity contribution in [3.63, 3.8) is 0 Å². The first-order chi connectivity index (χ1) is 10.2. The number of rotatable bonds is 3. The number of carboxylic acid groups (broad SMARTS) is 1. The summed E-state index contributed by atoms with van der Waals surface area (Å²) in [7, 11) is 0.